The molecule has 7 heteroatoms. The Hall–Kier alpha value is -3.22. The van der Waals surface area contributed by atoms with Crippen LogP contribution < -0.4 is 9.47 Å². The zero-order valence-electron chi connectivity index (χ0n) is 15.9. The number of ether oxygens (including phenoxy) is 3. The Balaban J connectivity index is 1.60. The average Bonchev–Trinajstić information content (AvgIpc) is 3.55. The molecule has 0 saturated heterocycles. The Labute approximate surface area is 163 Å². The third-order valence-electron chi connectivity index (χ3n) is 4.57. The number of nitrogens with zero attached hydrogens (tertiary/aromatic N) is 1. The van der Waals surface area contributed by atoms with Crippen LogP contribution in [-0.4, -0.2) is 48.8 Å². The predicted molar refractivity (Wildman–Crippen MR) is 102 cm³/mol. The van der Waals surface area contributed by atoms with E-state index in [1.807, 2.05) is 24.3 Å². The second-order valence-corrected chi connectivity index (χ2v) is 6.56. The molecule has 0 heterocycles. The first-order chi connectivity index (χ1) is 13.5. The van der Waals surface area contributed by atoms with Gasteiger partial charge in [-0.05, 0) is 42.7 Å². The first-order valence-corrected chi connectivity index (χ1v) is 8.98. The number of hydrogen-bond donors (Lipinski definition) is 1. The van der Waals surface area contributed by atoms with Crippen molar-refractivity contribution < 1.29 is 28.9 Å². The molecule has 0 aliphatic heterocycles. The van der Waals surface area contributed by atoms with Crippen LogP contribution in [0, 0.1) is 0 Å². The van der Waals surface area contributed by atoms with Gasteiger partial charge in [-0.25, -0.2) is 4.79 Å². The zero-order valence-corrected chi connectivity index (χ0v) is 15.9. The number of amides is 1. The summed E-state index contributed by atoms with van der Waals surface area (Å²) in [5.74, 6) is -0.103. The van der Waals surface area contributed by atoms with Gasteiger partial charge in [0.15, 0.2) is 6.61 Å². The minimum Gasteiger partial charge on any atom is -0.507 e. The van der Waals surface area contributed by atoms with E-state index in [9.17, 15) is 14.7 Å². The fourth-order valence-electron chi connectivity index (χ4n) is 2.83. The van der Waals surface area contributed by atoms with Gasteiger partial charge < -0.3 is 24.2 Å². The summed E-state index contributed by atoms with van der Waals surface area (Å²) in [6.45, 7) is 0.0653. The van der Waals surface area contributed by atoms with Gasteiger partial charge >= 0.3 is 5.97 Å². The normalized spacial score (nSPS) is 12.9. The second kappa shape index (κ2) is 8.65. The monoisotopic (exact) mass is 385 g/mol. The maximum atomic E-state index is 12.6. The molecule has 0 radical (unpaired) electrons. The number of benzene rings is 2. The molecular weight excluding hydrogens is 362 g/mol. The number of phenolic OH excluding ortho intramolecular Hbond substituents is 1. The van der Waals surface area contributed by atoms with Crippen LogP contribution >= 0.6 is 0 Å². The van der Waals surface area contributed by atoms with Crippen molar-refractivity contribution in [3.63, 3.8) is 0 Å². The summed E-state index contributed by atoms with van der Waals surface area (Å²) >= 11 is 0. The van der Waals surface area contributed by atoms with Gasteiger partial charge in [0.25, 0.3) is 5.91 Å². The molecule has 1 saturated carbocycles. The van der Waals surface area contributed by atoms with E-state index < -0.39 is 5.97 Å². The van der Waals surface area contributed by atoms with Crippen LogP contribution in [0.5, 0.6) is 17.2 Å². The highest BCUT2D eigenvalue weighted by molar-refractivity contribution is 5.94. The highest BCUT2D eigenvalue weighted by Gasteiger charge is 2.33. The summed E-state index contributed by atoms with van der Waals surface area (Å²) in [5.41, 5.74) is 0.960. The van der Waals surface area contributed by atoms with Gasteiger partial charge in [-0.2, -0.15) is 0 Å². The van der Waals surface area contributed by atoms with E-state index >= 15 is 0 Å². The molecule has 0 unspecified atom stereocenters. The van der Waals surface area contributed by atoms with Crippen LogP contribution in [-0.2, 0) is 16.1 Å². The number of aromatic hydroxyl groups is 1. The smallest absolute Gasteiger partial charge is 0.342 e. The summed E-state index contributed by atoms with van der Waals surface area (Å²) in [6.07, 6.45) is 1.88. The summed E-state index contributed by atoms with van der Waals surface area (Å²) in [6, 6.07) is 11.9. The third kappa shape index (κ3) is 4.73. The number of esters is 1. The van der Waals surface area contributed by atoms with E-state index in [-0.39, 0.29) is 29.9 Å². The quantitative estimate of drug-likeness (QED) is 0.704. The van der Waals surface area contributed by atoms with Crippen LogP contribution in [0.1, 0.15) is 28.8 Å². The molecule has 3 rings (SSSR count). The predicted octanol–water partition coefficient (Wildman–Crippen LogP) is 2.76. The Kier molecular flexibility index (Phi) is 6.03. The van der Waals surface area contributed by atoms with Crippen LogP contribution in [0.25, 0.3) is 0 Å². The summed E-state index contributed by atoms with van der Waals surface area (Å²) in [4.78, 5) is 26.5. The molecule has 0 aromatic heterocycles. The van der Waals surface area contributed by atoms with E-state index in [1.165, 1.54) is 25.3 Å². The van der Waals surface area contributed by atoms with Gasteiger partial charge in [-0.15, -0.1) is 0 Å². The van der Waals surface area contributed by atoms with E-state index in [1.54, 1.807) is 12.0 Å². The maximum absolute atomic E-state index is 12.6. The van der Waals surface area contributed by atoms with Crippen molar-refractivity contribution in [1.29, 1.82) is 0 Å². The summed E-state index contributed by atoms with van der Waals surface area (Å²) < 4.78 is 15.3. The van der Waals surface area contributed by atoms with Crippen molar-refractivity contribution in [2.45, 2.75) is 25.4 Å². The van der Waals surface area contributed by atoms with E-state index in [0.29, 0.717) is 12.3 Å². The van der Waals surface area contributed by atoms with Crippen molar-refractivity contribution in [3.8, 4) is 17.2 Å². The van der Waals surface area contributed by atoms with Gasteiger partial charge in [0, 0.05) is 18.7 Å². The van der Waals surface area contributed by atoms with E-state index in [4.69, 9.17) is 14.2 Å². The molecule has 7 nitrogen and oxygen atoms in total. The SMILES string of the molecule is COc1ccc(CN(C(=O)COC(=O)c2ccc(OC)cc2O)C2CC2)cc1. The minimum absolute atomic E-state index is 0.0123. The van der Waals surface area contributed by atoms with Gasteiger partial charge in [-0.1, -0.05) is 12.1 Å². The fourth-order valence-corrected chi connectivity index (χ4v) is 2.83. The number of rotatable bonds is 8. The van der Waals surface area contributed by atoms with Crippen LogP contribution in [0.4, 0.5) is 0 Å². The van der Waals surface area contributed by atoms with Crippen molar-refractivity contribution >= 4 is 11.9 Å². The highest BCUT2D eigenvalue weighted by atomic mass is 16.5. The molecule has 0 bridgehead atoms. The Morgan fingerprint density at radius 2 is 1.68 bits per heavy atom. The lowest BCUT2D eigenvalue weighted by molar-refractivity contribution is -0.135. The van der Waals surface area contributed by atoms with Crippen molar-refractivity contribution in [2.75, 3.05) is 20.8 Å². The molecule has 1 fully saturated rings. The molecule has 0 spiro atoms. The Morgan fingerprint density at radius 3 is 2.25 bits per heavy atom. The van der Waals surface area contributed by atoms with Crippen molar-refractivity contribution in [1.82, 2.24) is 4.90 Å². The lowest BCUT2D eigenvalue weighted by Crippen LogP contribution is -2.36. The molecule has 148 valence electrons. The molecule has 1 amide bonds. The largest absolute Gasteiger partial charge is 0.507 e. The molecule has 0 atom stereocenters. The lowest BCUT2D eigenvalue weighted by atomic mass is 10.2. The molecular formula is C21H23NO6. The lowest BCUT2D eigenvalue weighted by Gasteiger charge is -2.22. The van der Waals surface area contributed by atoms with Crippen LogP contribution in [0.15, 0.2) is 42.5 Å². The maximum Gasteiger partial charge on any atom is 0.342 e. The topological polar surface area (TPSA) is 85.3 Å². The number of methoxy groups -OCH3 is 2. The Bertz CT molecular complexity index is 844. The summed E-state index contributed by atoms with van der Waals surface area (Å²) in [7, 11) is 3.06. The molecule has 28 heavy (non-hydrogen) atoms. The van der Waals surface area contributed by atoms with Gasteiger partial charge in [0.2, 0.25) is 0 Å². The van der Waals surface area contributed by atoms with Gasteiger partial charge in [0.05, 0.1) is 14.2 Å². The molecule has 1 aliphatic carbocycles. The molecule has 1 aliphatic rings. The van der Waals surface area contributed by atoms with Crippen molar-refractivity contribution in [3.05, 3.63) is 53.6 Å². The summed E-state index contributed by atoms with van der Waals surface area (Å²) in [5, 5.41) is 9.92. The zero-order chi connectivity index (χ0) is 20.1. The van der Waals surface area contributed by atoms with Crippen molar-refractivity contribution in [2.24, 2.45) is 0 Å². The van der Waals surface area contributed by atoms with Crippen LogP contribution in [0.2, 0.25) is 0 Å². The minimum atomic E-state index is -0.756. The molecule has 2 aromatic carbocycles. The van der Waals surface area contributed by atoms with E-state index in [2.05, 4.69) is 0 Å². The first kappa shape index (κ1) is 19.5. The molecule has 1 N–H and O–H groups in total. The average molecular weight is 385 g/mol. The Morgan fingerprint density at radius 1 is 1.04 bits per heavy atom. The highest BCUT2D eigenvalue weighted by Crippen LogP contribution is 2.29. The third-order valence-corrected chi connectivity index (χ3v) is 4.57. The number of hydrogen-bond acceptors (Lipinski definition) is 6. The standard InChI is InChI=1S/C21H23NO6/c1-26-16-7-3-14(4-8-16)12-22(15-5-6-15)20(24)13-28-21(25)18-10-9-17(27-2)11-19(18)23/h3-4,7-11,15,23H,5-6,12-13H2,1-2H3. The van der Waals surface area contributed by atoms with Gasteiger partial charge in [0.1, 0.15) is 22.8 Å². The fraction of sp³-hybridized carbons (Fsp3) is 0.333. The number of carbonyl (C=O) groups excluding carboxylic acids is 2. The number of phenols is 1. The van der Waals surface area contributed by atoms with E-state index in [0.717, 1.165) is 24.2 Å². The molecule has 2 aromatic rings. The first-order valence-electron chi connectivity index (χ1n) is 8.98. The number of carbonyl (C=O) groups is 2. The second-order valence-electron chi connectivity index (χ2n) is 6.56. The van der Waals surface area contributed by atoms with Crippen LogP contribution in [0.3, 0.4) is 0 Å². The van der Waals surface area contributed by atoms with Gasteiger partial charge in [-0.3, -0.25) is 4.79 Å².